The van der Waals surface area contributed by atoms with Gasteiger partial charge in [-0.15, -0.1) is 0 Å². The molecule has 0 aliphatic carbocycles. The molecule has 1 aliphatic heterocycles. The first kappa shape index (κ1) is 26.4. The van der Waals surface area contributed by atoms with Crippen LogP contribution >= 0.6 is 11.8 Å². The molecule has 1 unspecified atom stereocenters. The zero-order valence-electron chi connectivity index (χ0n) is 20.1. The second kappa shape index (κ2) is 11.0. The maximum Gasteiger partial charge on any atom is 0.235 e. The molecule has 3 rings (SSSR count). The molecule has 1 aromatic heterocycles. The summed E-state index contributed by atoms with van der Waals surface area (Å²) in [7, 11) is 0. The van der Waals surface area contributed by atoms with E-state index in [0.717, 1.165) is 11.8 Å². The molecule has 0 saturated carbocycles. The highest BCUT2D eigenvalue weighted by Crippen LogP contribution is 2.39. The number of nitrogens with two attached hydrogens (primary N) is 1. The predicted molar refractivity (Wildman–Crippen MR) is 132 cm³/mol. The topological polar surface area (TPSA) is 130 Å². The SMILES string of the molecule is CCc1c(C#N)c(SC(C(N)=O)c2ccc(F)cc2)nc(N2CCN(C(C)(C)CO)CC2)c1C#N. The third-order valence-electron chi connectivity index (χ3n) is 6.31. The molecule has 1 aromatic carbocycles. The standard InChI is InChI=1S/C25H29FN6O2S/c1-4-18-19(13-27)23(31-9-11-32(12-10-31)25(2,3)15-33)30-24(20(18)14-28)35-21(22(29)34)16-5-7-17(26)8-6-16/h5-8,21,33H,4,9-12,15H2,1-3H3,(H2,29,34). The number of benzene rings is 1. The van der Waals surface area contributed by atoms with E-state index in [1.165, 1.54) is 24.3 Å². The molecule has 0 radical (unpaired) electrons. The van der Waals surface area contributed by atoms with Crippen LogP contribution in [0.1, 0.15) is 48.3 Å². The molecule has 1 saturated heterocycles. The number of amides is 1. The number of aliphatic hydroxyl groups is 1. The highest BCUT2D eigenvalue weighted by Gasteiger charge is 2.32. The molecular weight excluding hydrogens is 467 g/mol. The molecule has 1 fully saturated rings. The van der Waals surface area contributed by atoms with Gasteiger partial charge in [-0.1, -0.05) is 30.8 Å². The Morgan fingerprint density at radius 3 is 2.29 bits per heavy atom. The first-order chi connectivity index (χ1) is 16.7. The smallest absolute Gasteiger partial charge is 0.235 e. The van der Waals surface area contributed by atoms with Crippen molar-refractivity contribution in [1.82, 2.24) is 9.88 Å². The molecule has 35 heavy (non-hydrogen) atoms. The zero-order chi connectivity index (χ0) is 25.8. The van der Waals surface area contributed by atoms with Crippen molar-refractivity contribution in [3.05, 3.63) is 52.3 Å². The van der Waals surface area contributed by atoms with Gasteiger partial charge in [0.2, 0.25) is 5.91 Å². The molecule has 1 atom stereocenters. The normalized spacial score (nSPS) is 15.3. The minimum Gasteiger partial charge on any atom is -0.394 e. The van der Waals surface area contributed by atoms with Crippen molar-refractivity contribution in [2.75, 3.05) is 37.7 Å². The quantitative estimate of drug-likeness (QED) is 0.534. The number of aliphatic hydroxyl groups excluding tert-OH is 1. The number of halogens is 1. The summed E-state index contributed by atoms with van der Waals surface area (Å²) in [5.74, 6) is -0.610. The number of nitriles is 2. The van der Waals surface area contributed by atoms with Gasteiger partial charge in [-0.3, -0.25) is 9.69 Å². The van der Waals surface area contributed by atoms with Gasteiger partial charge in [0, 0.05) is 31.7 Å². The minimum atomic E-state index is -0.886. The van der Waals surface area contributed by atoms with E-state index in [1.54, 1.807) is 0 Å². The van der Waals surface area contributed by atoms with Gasteiger partial charge < -0.3 is 15.7 Å². The van der Waals surface area contributed by atoms with Crippen LogP contribution in [-0.4, -0.2) is 59.2 Å². The summed E-state index contributed by atoms with van der Waals surface area (Å²) in [5, 5.41) is 29.1. The fraction of sp³-hybridized carbons (Fsp3) is 0.440. The summed E-state index contributed by atoms with van der Waals surface area (Å²) in [6, 6.07) is 9.85. The van der Waals surface area contributed by atoms with E-state index in [9.17, 15) is 24.8 Å². The van der Waals surface area contributed by atoms with Gasteiger partial charge in [0.1, 0.15) is 34.0 Å². The van der Waals surface area contributed by atoms with Crippen LogP contribution in [-0.2, 0) is 11.2 Å². The van der Waals surface area contributed by atoms with E-state index in [-0.39, 0.29) is 17.7 Å². The van der Waals surface area contributed by atoms with Crippen molar-refractivity contribution < 1.29 is 14.3 Å². The van der Waals surface area contributed by atoms with Crippen LogP contribution in [0.25, 0.3) is 0 Å². The summed E-state index contributed by atoms with van der Waals surface area (Å²) in [6.45, 7) is 8.36. The number of carbonyl (C=O) groups excluding carboxylic acids is 1. The van der Waals surface area contributed by atoms with Crippen LogP contribution in [0.4, 0.5) is 10.2 Å². The minimum absolute atomic E-state index is 0.0320. The lowest BCUT2D eigenvalue weighted by molar-refractivity contribution is -0.117. The van der Waals surface area contributed by atoms with Crippen molar-refractivity contribution in [3.8, 4) is 12.1 Å². The van der Waals surface area contributed by atoms with Gasteiger partial charge >= 0.3 is 0 Å². The fourth-order valence-electron chi connectivity index (χ4n) is 4.16. The Morgan fingerprint density at radius 2 is 1.80 bits per heavy atom. The number of rotatable bonds is 8. The Hall–Kier alpha value is -3.18. The van der Waals surface area contributed by atoms with Crippen molar-refractivity contribution >= 4 is 23.5 Å². The van der Waals surface area contributed by atoms with Gasteiger partial charge in [-0.05, 0) is 43.5 Å². The lowest BCUT2D eigenvalue weighted by atomic mass is 10.0. The summed E-state index contributed by atoms with van der Waals surface area (Å²) in [6.07, 6.45) is 0.435. The summed E-state index contributed by atoms with van der Waals surface area (Å²) < 4.78 is 13.4. The number of primary amides is 1. The number of piperazine rings is 1. The average Bonchev–Trinajstić information content (AvgIpc) is 2.86. The van der Waals surface area contributed by atoms with Gasteiger partial charge in [0.15, 0.2) is 0 Å². The monoisotopic (exact) mass is 496 g/mol. The molecule has 184 valence electrons. The van der Waals surface area contributed by atoms with Crippen LogP contribution < -0.4 is 10.6 Å². The largest absolute Gasteiger partial charge is 0.394 e. The second-order valence-corrected chi connectivity index (χ2v) is 10.0. The number of aromatic nitrogens is 1. The lowest BCUT2D eigenvalue weighted by Crippen LogP contribution is -2.56. The molecule has 1 aliphatic rings. The van der Waals surface area contributed by atoms with Crippen LogP contribution in [0.15, 0.2) is 29.3 Å². The Morgan fingerprint density at radius 1 is 1.20 bits per heavy atom. The van der Waals surface area contributed by atoms with Gasteiger partial charge in [-0.2, -0.15) is 10.5 Å². The molecule has 10 heteroatoms. The third kappa shape index (κ3) is 5.57. The number of nitrogens with zero attached hydrogens (tertiary/aromatic N) is 5. The number of anilines is 1. The molecule has 3 N–H and O–H groups in total. The fourth-order valence-corrected chi connectivity index (χ4v) is 5.22. The van der Waals surface area contributed by atoms with Crippen molar-refractivity contribution in [2.45, 2.75) is 43.0 Å². The van der Waals surface area contributed by atoms with E-state index in [1.807, 2.05) is 25.7 Å². The van der Waals surface area contributed by atoms with E-state index in [2.05, 4.69) is 17.0 Å². The molecular formula is C25H29FN6O2S. The molecule has 0 bridgehead atoms. The Balaban J connectivity index is 2.04. The average molecular weight is 497 g/mol. The van der Waals surface area contributed by atoms with Crippen LogP contribution in [0, 0.1) is 28.5 Å². The first-order valence-electron chi connectivity index (χ1n) is 11.4. The van der Waals surface area contributed by atoms with E-state index >= 15 is 0 Å². The molecule has 2 aromatic rings. The maximum absolute atomic E-state index is 13.4. The highest BCUT2D eigenvalue weighted by molar-refractivity contribution is 8.00. The van der Waals surface area contributed by atoms with Crippen molar-refractivity contribution in [2.24, 2.45) is 5.73 Å². The van der Waals surface area contributed by atoms with Crippen LogP contribution in [0.5, 0.6) is 0 Å². The van der Waals surface area contributed by atoms with Gasteiger partial charge in [-0.25, -0.2) is 9.37 Å². The second-order valence-electron chi connectivity index (χ2n) is 8.94. The van der Waals surface area contributed by atoms with Crippen molar-refractivity contribution in [1.29, 1.82) is 10.5 Å². The first-order valence-corrected chi connectivity index (χ1v) is 12.2. The Bertz CT molecular complexity index is 1160. The number of thioether (sulfide) groups is 1. The molecule has 0 spiro atoms. The number of hydrogen-bond acceptors (Lipinski definition) is 8. The number of pyridine rings is 1. The summed E-state index contributed by atoms with van der Waals surface area (Å²) >= 11 is 1.03. The summed E-state index contributed by atoms with van der Waals surface area (Å²) in [4.78, 5) is 21.2. The molecule has 2 heterocycles. The lowest BCUT2D eigenvalue weighted by Gasteiger charge is -2.43. The maximum atomic E-state index is 13.4. The highest BCUT2D eigenvalue weighted by atomic mass is 32.2. The molecule has 8 nitrogen and oxygen atoms in total. The number of carbonyl (C=O) groups is 1. The third-order valence-corrected chi connectivity index (χ3v) is 7.57. The van der Waals surface area contributed by atoms with Crippen molar-refractivity contribution in [3.63, 3.8) is 0 Å². The number of hydrogen-bond donors (Lipinski definition) is 2. The predicted octanol–water partition coefficient (Wildman–Crippen LogP) is 2.74. The van der Waals surface area contributed by atoms with Crippen LogP contribution in [0.3, 0.4) is 0 Å². The van der Waals surface area contributed by atoms with Gasteiger partial charge in [0.05, 0.1) is 17.7 Å². The Kier molecular flexibility index (Phi) is 8.34. The van der Waals surface area contributed by atoms with Gasteiger partial charge in [0.25, 0.3) is 0 Å². The zero-order valence-corrected chi connectivity index (χ0v) is 20.9. The van der Waals surface area contributed by atoms with E-state index in [0.29, 0.717) is 60.1 Å². The van der Waals surface area contributed by atoms with E-state index < -0.39 is 17.0 Å². The Labute approximate surface area is 209 Å². The molecule has 1 amide bonds. The summed E-state index contributed by atoms with van der Waals surface area (Å²) in [5.41, 5.74) is 6.97. The van der Waals surface area contributed by atoms with Crippen LogP contribution in [0.2, 0.25) is 0 Å². The van der Waals surface area contributed by atoms with E-state index in [4.69, 9.17) is 10.7 Å².